The van der Waals surface area contributed by atoms with Gasteiger partial charge >= 0.3 is 12.1 Å². The number of benzene rings is 1. The Morgan fingerprint density at radius 3 is 2.63 bits per heavy atom. The van der Waals surface area contributed by atoms with Gasteiger partial charge in [0.05, 0.1) is 5.60 Å². The molecule has 30 heavy (non-hydrogen) atoms. The number of likely N-dealkylation sites (tertiary alicyclic amines) is 1. The van der Waals surface area contributed by atoms with Crippen LogP contribution in [0.15, 0.2) is 53.3 Å². The van der Waals surface area contributed by atoms with Crippen molar-refractivity contribution in [2.75, 3.05) is 19.7 Å². The minimum Gasteiger partial charge on any atom is -0.480 e. The van der Waals surface area contributed by atoms with E-state index in [1.54, 1.807) is 17.2 Å². The quantitative estimate of drug-likeness (QED) is 0.623. The minimum atomic E-state index is -1.03. The highest BCUT2D eigenvalue weighted by Gasteiger charge is 2.38. The van der Waals surface area contributed by atoms with Crippen LogP contribution >= 0.6 is 15.9 Å². The number of hydrogen-bond acceptors (Lipinski definition) is 5. The lowest BCUT2D eigenvalue weighted by Crippen LogP contribution is -2.42. The fourth-order valence-electron chi connectivity index (χ4n) is 3.68. The zero-order valence-electron chi connectivity index (χ0n) is 16.6. The molecule has 1 N–H and O–H groups in total. The lowest BCUT2D eigenvalue weighted by atomic mass is 9.84. The Bertz CT molecular complexity index is 864. The molecule has 1 saturated heterocycles. The van der Waals surface area contributed by atoms with Gasteiger partial charge < -0.3 is 19.5 Å². The van der Waals surface area contributed by atoms with Crippen LogP contribution in [0.25, 0.3) is 0 Å². The molecular formula is C22H25BrN2O5. The van der Waals surface area contributed by atoms with Crippen LogP contribution in [0.3, 0.4) is 0 Å². The van der Waals surface area contributed by atoms with Crippen molar-refractivity contribution in [3.05, 3.63) is 64.4 Å². The van der Waals surface area contributed by atoms with Crippen LogP contribution in [0.5, 0.6) is 0 Å². The molecule has 1 aromatic heterocycles. The van der Waals surface area contributed by atoms with Gasteiger partial charge in [0.2, 0.25) is 0 Å². The van der Waals surface area contributed by atoms with E-state index in [0.29, 0.717) is 30.5 Å². The van der Waals surface area contributed by atoms with Crippen molar-refractivity contribution in [1.29, 1.82) is 0 Å². The zero-order chi connectivity index (χ0) is 21.4. The van der Waals surface area contributed by atoms with Crippen molar-refractivity contribution >= 4 is 28.0 Å². The molecule has 0 radical (unpaired) electrons. The Labute approximate surface area is 184 Å². The second kappa shape index (κ2) is 10.5. The standard InChI is InChI=1S/C22H25BrN2O5/c23-20-18(9-6-12-24-20)22(30-16-19(26)27)10-4-5-13-25(14-11-22)21(28)29-15-17-7-2-1-3-8-17/h1-3,6-9,12H,4-5,10-11,13-16H2,(H,26,27). The van der Waals surface area contributed by atoms with Crippen molar-refractivity contribution in [3.63, 3.8) is 0 Å². The Kier molecular flexibility index (Phi) is 7.81. The van der Waals surface area contributed by atoms with Crippen LogP contribution in [0.2, 0.25) is 0 Å². The first-order valence-electron chi connectivity index (χ1n) is 9.92. The Balaban J connectivity index is 1.74. The third-order valence-electron chi connectivity index (χ3n) is 5.23. The molecule has 0 spiro atoms. The summed E-state index contributed by atoms with van der Waals surface area (Å²) >= 11 is 3.47. The third kappa shape index (κ3) is 5.79. The summed E-state index contributed by atoms with van der Waals surface area (Å²) in [4.78, 5) is 29.8. The number of carboxylic acid groups (broad SMARTS) is 1. The van der Waals surface area contributed by atoms with Crippen LogP contribution < -0.4 is 0 Å². The number of pyridine rings is 1. The first-order valence-corrected chi connectivity index (χ1v) is 10.7. The number of aliphatic carboxylic acids is 1. The fraction of sp³-hybridized carbons (Fsp3) is 0.409. The summed E-state index contributed by atoms with van der Waals surface area (Å²) in [5.41, 5.74) is 0.881. The second-order valence-electron chi connectivity index (χ2n) is 7.25. The predicted molar refractivity (Wildman–Crippen MR) is 114 cm³/mol. The van der Waals surface area contributed by atoms with E-state index < -0.39 is 18.2 Å². The molecule has 1 aliphatic heterocycles. The van der Waals surface area contributed by atoms with E-state index in [1.165, 1.54) is 0 Å². The van der Waals surface area contributed by atoms with Gasteiger partial charge in [-0.15, -0.1) is 0 Å². The molecule has 1 aliphatic rings. The van der Waals surface area contributed by atoms with Gasteiger partial charge in [-0.25, -0.2) is 14.6 Å². The number of carbonyl (C=O) groups excluding carboxylic acids is 1. The first-order chi connectivity index (χ1) is 14.5. The summed E-state index contributed by atoms with van der Waals surface area (Å²) < 4.78 is 12.1. The van der Waals surface area contributed by atoms with Gasteiger partial charge in [0.15, 0.2) is 0 Å². The molecule has 1 amide bonds. The maximum Gasteiger partial charge on any atom is 0.410 e. The normalized spacial score (nSPS) is 19.6. The second-order valence-corrected chi connectivity index (χ2v) is 8.00. The van der Waals surface area contributed by atoms with Gasteiger partial charge in [0.25, 0.3) is 0 Å². The molecule has 1 unspecified atom stereocenters. The van der Waals surface area contributed by atoms with Gasteiger partial charge in [-0.05, 0) is 53.2 Å². The number of aromatic nitrogens is 1. The van der Waals surface area contributed by atoms with Gasteiger partial charge in [-0.3, -0.25) is 0 Å². The predicted octanol–water partition coefficient (Wildman–Crippen LogP) is 4.35. The molecule has 1 atom stereocenters. The van der Waals surface area contributed by atoms with E-state index in [-0.39, 0.29) is 12.7 Å². The van der Waals surface area contributed by atoms with Crippen LogP contribution in [-0.4, -0.2) is 46.7 Å². The van der Waals surface area contributed by atoms with Gasteiger partial charge in [0, 0.05) is 24.8 Å². The molecule has 2 aromatic rings. The molecule has 7 nitrogen and oxygen atoms in total. The molecule has 0 aliphatic carbocycles. The largest absolute Gasteiger partial charge is 0.480 e. The summed E-state index contributed by atoms with van der Waals surface area (Å²) in [6.07, 6.45) is 3.94. The lowest BCUT2D eigenvalue weighted by molar-refractivity contribution is -0.153. The lowest BCUT2D eigenvalue weighted by Gasteiger charge is -2.38. The number of halogens is 1. The number of hydrogen-bond donors (Lipinski definition) is 1. The molecule has 1 aromatic carbocycles. The number of carbonyl (C=O) groups is 2. The van der Waals surface area contributed by atoms with E-state index >= 15 is 0 Å². The van der Waals surface area contributed by atoms with Crippen molar-refractivity contribution in [3.8, 4) is 0 Å². The molecule has 0 saturated carbocycles. The van der Waals surface area contributed by atoms with E-state index in [2.05, 4.69) is 20.9 Å². The number of rotatable bonds is 6. The highest BCUT2D eigenvalue weighted by Crippen LogP contribution is 2.39. The van der Waals surface area contributed by atoms with Crippen molar-refractivity contribution in [1.82, 2.24) is 9.88 Å². The highest BCUT2D eigenvalue weighted by molar-refractivity contribution is 9.10. The van der Waals surface area contributed by atoms with Crippen molar-refractivity contribution < 1.29 is 24.2 Å². The van der Waals surface area contributed by atoms with Crippen molar-refractivity contribution in [2.45, 2.75) is 37.9 Å². The number of nitrogens with zero attached hydrogens (tertiary/aromatic N) is 2. The number of ether oxygens (including phenoxy) is 2. The van der Waals surface area contributed by atoms with Gasteiger partial charge in [-0.1, -0.05) is 36.4 Å². The van der Waals surface area contributed by atoms with E-state index in [9.17, 15) is 14.7 Å². The van der Waals surface area contributed by atoms with Crippen LogP contribution in [0.1, 0.15) is 36.8 Å². The SMILES string of the molecule is O=C(O)COC1(c2cccnc2Br)CCCCN(C(=O)OCc2ccccc2)CC1. The maximum atomic E-state index is 12.7. The number of carboxylic acids is 1. The Morgan fingerprint density at radius 2 is 1.90 bits per heavy atom. The van der Waals surface area contributed by atoms with Crippen LogP contribution in [-0.2, 0) is 26.5 Å². The number of amides is 1. The van der Waals surface area contributed by atoms with Crippen molar-refractivity contribution in [2.24, 2.45) is 0 Å². The summed E-state index contributed by atoms with van der Waals surface area (Å²) in [5, 5.41) is 9.18. The summed E-state index contributed by atoms with van der Waals surface area (Å²) in [6, 6.07) is 13.2. The van der Waals surface area contributed by atoms with E-state index in [0.717, 1.165) is 24.0 Å². The Hall–Kier alpha value is -2.45. The molecular weight excluding hydrogens is 452 g/mol. The molecule has 2 heterocycles. The Morgan fingerprint density at radius 1 is 1.10 bits per heavy atom. The molecule has 160 valence electrons. The first kappa shape index (κ1) is 22.2. The van der Waals surface area contributed by atoms with Crippen LogP contribution in [0.4, 0.5) is 4.79 Å². The molecule has 8 heteroatoms. The third-order valence-corrected chi connectivity index (χ3v) is 5.86. The smallest absolute Gasteiger partial charge is 0.410 e. The molecule has 0 bridgehead atoms. The minimum absolute atomic E-state index is 0.213. The molecule has 3 rings (SSSR count). The van der Waals surface area contributed by atoms with E-state index in [4.69, 9.17) is 9.47 Å². The van der Waals surface area contributed by atoms with E-state index in [1.807, 2.05) is 36.4 Å². The summed E-state index contributed by atoms with van der Waals surface area (Å²) in [7, 11) is 0. The van der Waals surface area contributed by atoms with Gasteiger partial charge in [-0.2, -0.15) is 0 Å². The van der Waals surface area contributed by atoms with Crippen LogP contribution in [0, 0.1) is 0 Å². The average molecular weight is 477 g/mol. The summed E-state index contributed by atoms with van der Waals surface area (Å²) in [5.74, 6) is -1.03. The molecule has 1 fully saturated rings. The summed E-state index contributed by atoms with van der Waals surface area (Å²) in [6.45, 7) is 0.788. The topological polar surface area (TPSA) is 89.0 Å². The average Bonchev–Trinajstić information content (AvgIpc) is 2.73. The highest BCUT2D eigenvalue weighted by atomic mass is 79.9. The monoisotopic (exact) mass is 476 g/mol. The van der Waals surface area contributed by atoms with Gasteiger partial charge in [0.1, 0.15) is 17.8 Å². The zero-order valence-corrected chi connectivity index (χ0v) is 18.2. The fourth-order valence-corrected chi connectivity index (χ4v) is 4.29. The maximum absolute atomic E-state index is 12.7.